The normalized spacial score (nSPS) is 38.3. The number of thiophene rings is 1. The molecule has 0 aromatic carbocycles. The van der Waals surface area contributed by atoms with Crippen LogP contribution < -0.4 is 10.6 Å². The number of aryl methyl sites for hydroxylation is 2. The molecule has 0 bridgehead atoms. The van der Waals surface area contributed by atoms with Crippen molar-refractivity contribution in [1.29, 1.82) is 0 Å². The first kappa shape index (κ1) is 19.5. The van der Waals surface area contributed by atoms with E-state index in [0.717, 1.165) is 22.6 Å². The topological polar surface area (TPSA) is 0 Å². The molecule has 22 heavy (non-hydrogen) atoms. The van der Waals surface area contributed by atoms with Crippen LogP contribution in [-0.2, 0) is 20.1 Å². The van der Waals surface area contributed by atoms with Crippen LogP contribution in [0.5, 0.6) is 0 Å². The van der Waals surface area contributed by atoms with E-state index in [1.54, 1.807) is 9.75 Å². The summed E-state index contributed by atoms with van der Waals surface area (Å²) in [6, 6.07) is 0. The second kappa shape index (κ2) is 7.62. The molecule has 1 aromatic rings. The monoisotopic (exact) mass is 535 g/mol. The van der Waals surface area contributed by atoms with Crippen LogP contribution in [0.25, 0.3) is 0 Å². The van der Waals surface area contributed by atoms with Crippen LogP contribution in [0.3, 0.4) is 0 Å². The summed E-state index contributed by atoms with van der Waals surface area (Å²) >= 11 is 2.13. The van der Waals surface area contributed by atoms with Gasteiger partial charge in [0.05, 0.1) is 22.6 Å². The molecule has 4 atom stereocenters. The van der Waals surface area contributed by atoms with E-state index >= 15 is 0 Å². The van der Waals surface area contributed by atoms with Gasteiger partial charge in [0.1, 0.15) is 10.6 Å². The molecular formula is C18H32IrP2S+2. The largest absolute Gasteiger partial charge is 0.147 e. The predicted octanol–water partition coefficient (Wildman–Crippen LogP) is 5.18. The van der Waals surface area contributed by atoms with Crippen LogP contribution in [0.4, 0.5) is 0 Å². The molecule has 2 fully saturated rings. The van der Waals surface area contributed by atoms with Crippen molar-refractivity contribution in [2.75, 3.05) is 0 Å². The van der Waals surface area contributed by atoms with Crippen molar-refractivity contribution in [2.45, 2.75) is 89.9 Å². The van der Waals surface area contributed by atoms with E-state index in [1.807, 2.05) is 10.6 Å². The third kappa shape index (κ3) is 3.30. The first-order chi connectivity index (χ1) is 9.91. The molecule has 3 heterocycles. The molecule has 0 aliphatic carbocycles. The third-order valence-corrected chi connectivity index (χ3v) is 15.5. The summed E-state index contributed by atoms with van der Waals surface area (Å²) in [5.74, 6) is 0. The molecule has 2 saturated heterocycles. The molecule has 2 aliphatic rings. The van der Waals surface area contributed by atoms with Gasteiger partial charge in [-0.05, 0) is 67.2 Å². The standard InChI is InChI=1S/C18H30P2S.Ir/c1-11-7-8-12(2)19(11)17-15(5)21-16(6)18(17)20-13(3)9-10-14(20)4;/h11-14H,7-10H2,1-6H3;/p+2. The maximum absolute atomic E-state index is 2.55. The number of hydrogen-bond donors (Lipinski definition) is 0. The van der Waals surface area contributed by atoms with E-state index in [-0.39, 0.29) is 35.9 Å². The number of hydrogen-bond acceptors (Lipinski definition) is 1. The van der Waals surface area contributed by atoms with Gasteiger partial charge >= 0.3 is 0 Å². The van der Waals surface area contributed by atoms with E-state index in [1.165, 1.54) is 25.7 Å². The van der Waals surface area contributed by atoms with Gasteiger partial charge in [-0.25, -0.2) is 0 Å². The Kier molecular flexibility index (Phi) is 6.77. The Bertz CT molecular complexity index is 463. The molecule has 0 amide bonds. The summed E-state index contributed by atoms with van der Waals surface area (Å²) in [6.07, 6.45) is 5.93. The van der Waals surface area contributed by atoms with Crippen molar-refractivity contribution in [3.05, 3.63) is 9.75 Å². The molecule has 1 radical (unpaired) electrons. The van der Waals surface area contributed by atoms with Crippen LogP contribution in [-0.4, -0.2) is 22.6 Å². The average Bonchev–Trinajstić information content (AvgIpc) is 3.00. The van der Waals surface area contributed by atoms with Crippen LogP contribution in [0.15, 0.2) is 0 Å². The van der Waals surface area contributed by atoms with E-state index in [9.17, 15) is 0 Å². The summed E-state index contributed by atoms with van der Waals surface area (Å²) < 4.78 is 0. The predicted molar refractivity (Wildman–Crippen MR) is 106 cm³/mol. The zero-order valence-corrected chi connectivity index (χ0v) is 20.1. The molecule has 2 aliphatic heterocycles. The molecule has 127 valence electrons. The van der Waals surface area contributed by atoms with Gasteiger partial charge in [0.15, 0.2) is 0 Å². The maximum Gasteiger partial charge on any atom is 0.147 e. The molecule has 1 aromatic heterocycles. The zero-order valence-electron chi connectivity index (χ0n) is 14.9. The van der Waals surface area contributed by atoms with Crippen LogP contribution in [0, 0.1) is 13.8 Å². The summed E-state index contributed by atoms with van der Waals surface area (Å²) in [7, 11) is -0.662. The van der Waals surface area contributed by atoms with Crippen molar-refractivity contribution in [2.24, 2.45) is 0 Å². The van der Waals surface area contributed by atoms with Gasteiger partial charge in [0.25, 0.3) is 0 Å². The fourth-order valence-electron chi connectivity index (χ4n) is 4.96. The Morgan fingerprint density at radius 1 is 0.682 bits per heavy atom. The summed E-state index contributed by atoms with van der Waals surface area (Å²) in [4.78, 5) is 3.39. The third-order valence-electron chi connectivity index (χ3n) is 6.03. The van der Waals surface area contributed by atoms with Crippen molar-refractivity contribution in [3.8, 4) is 0 Å². The van der Waals surface area contributed by atoms with Crippen molar-refractivity contribution >= 4 is 37.8 Å². The van der Waals surface area contributed by atoms with Gasteiger partial charge < -0.3 is 0 Å². The van der Waals surface area contributed by atoms with Gasteiger partial charge in [0.2, 0.25) is 0 Å². The molecule has 0 spiro atoms. The van der Waals surface area contributed by atoms with E-state index in [0.29, 0.717) is 0 Å². The first-order valence-corrected chi connectivity index (χ1v) is 12.9. The molecule has 4 unspecified atom stereocenters. The number of rotatable bonds is 2. The quantitative estimate of drug-likeness (QED) is 0.459. The fraction of sp³-hybridized carbons (Fsp3) is 0.778. The molecule has 4 heteroatoms. The van der Waals surface area contributed by atoms with Crippen LogP contribution >= 0.6 is 27.2 Å². The van der Waals surface area contributed by atoms with E-state index in [2.05, 4.69) is 52.9 Å². The second-order valence-electron chi connectivity index (χ2n) is 7.63. The minimum Gasteiger partial charge on any atom is -0.137 e. The van der Waals surface area contributed by atoms with Gasteiger partial charge in [0, 0.05) is 45.7 Å². The van der Waals surface area contributed by atoms with Gasteiger partial charge in [-0.1, -0.05) is 0 Å². The molecule has 0 nitrogen and oxygen atoms in total. The van der Waals surface area contributed by atoms with Crippen molar-refractivity contribution < 1.29 is 20.1 Å². The second-order valence-corrected chi connectivity index (χ2v) is 15.8. The minimum atomic E-state index is -0.331. The Morgan fingerprint density at radius 3 is 1.23 bits per heavy atom. The first-order valence-electron chi connectivity index (χ1n) is 8.76. The molecule has 0 N–H and O–H groups in total. The van der Waals surface area contributed by atoms with Crippen LogP contribution in [0.1, 0.15) is 63.1 Å². The van der Waals surface area contributed by atoms with Gasteiger partial charge in [-0.15, -0.1) is 11.3 Å². The Hall–Kier alpha value is 1.21. The Balaban J connectivity index is 0.00000176. The van der Waals surface area contributed by atoms with Crippen LogP contribution in [0.2, 0.25) is 0 Å². The molecule has 3 rings (SSSR count). The summed E-state index contributed by atoms with van der Waals surface area (Å²) in [5, 5.41) is 3.88. The summed E-state index contributed by atoms with van der Waals surface area (Å²) in [6.45, 7) is 15.1. The van der Waals surface area contributed by atoms with E-state index in [4.69, 9.17) is 0 Å². The SMILES string of the molecule is Cc1sc(C)c([PH+]2C(C)CCC2C)c1[PH+]1C(C)CCC1C.[Ir]. The molecular weight excluding hydrogens is 502 g/mol. The zero-order chi connectivity index (χ0) is 15.3. The molecule has 0 saturated carbocycles. The maximum atomic E-state index is 2.55. The minimum absolute atomic E-state index is 0. The Morgan fingerprint density at radius 2 is 0.955 bits per heavy atom. The van der Waals surface area contributed by atoms with Crippen molar-refractivity contribution in [3.63, 3.8) is 0 Å². The van der Waals surface area contributed by atoms with E-state index < -0.39 is 0 Å². The average molecular weight is 535 g/mol. The smallest absolute Gasteiger partial charge is 0.137 e. The fourth-order valence-corrected chi connectivity index (χ4v) is 15.5. The van der Waals surface area contributed by atoms with Gasteiger partial charge in [-0.2, -0.15) is 0 Å². The van der Waals surface area contributed by atoms with Gasteiger partial charge in [-0.3, -0.25) is 0 Å². The Labute approximate surface area is 157 Å². The van der Waals surface area contributed by atoms with Crippen molar-refractivity contribution in [1.82, 2.24) is 0 Å². The summed E-state index contributed by atoms with van der Waals surface area (Å²) in [5.41, 5.74) is 3.97.